The van der Waals surface area contributed by atoms with Crippen LogP contribution in [0.25, 0.3) is 0 Å². The molecule has 90 valence electrons. The summed E-state index contributed by atoms with van der Waals surface area (Å²) in [4.78, 5) is 19.8. The minimum Gasteiger partial charge on any atom is -0.484 e. The van der Waals surface area contributed by atoms with Gasteiger partial charge in [-0.2, -0.15) is 0 Å². The lowest BCUT2D eigenvalue weighted by Crippen LogP contribution is -2.06. The van der Waals surface area contributed by atoms with Gasteiger partial charge in [-0.05, 0) is 6.07 Å². The SMILES string of the molecule is O=[N+]([O-])c1ccc(OCC2CO2)c([N+](=O)[O-])c1. The molecule has 0 spiro atoms. The molecule has 1 fully saturated rings. The number of hydrogen-bond donors (Lipinski definition) is 0. The molecule has 0 bridgehead atoms. The summed E-state index contributed by atoms with van der Waals surface area (Å²) >= 11 is 0. The monoisotopic (exact) mass is 240 g/mol. The van der Waals surface area contributed by atoms with Crippen molar-refractivity contribution in [3.63, 3.8) is 0 Å². The van der Waals surface area contributed by atoms with E-state index in [1.54, 1.807) is 0 Å². The van der Waals surface area contributed by atoms with Gasteiger partial charge in [-0.25, -0.2) is 0 Å². The van der Waals surface area contributed by atoms with E-state index in [-0.39, 0.29) is 24.1 Å². The Morgan fingerprint density at radius 1 is 1.35 bits per heavy atom. The summed E-state index contributed by atoms with van der Waals surface area (Å²) in [7, 11) is 0. The molecule has 1 aromatic rings. The maximum Gasteiger partial charge on any atom is 0.317 e. The van der Waals surface area contributed by atoms with E-state index in [0.29, 0.717) is 6.61 Å². The van der Waals surface area contributed by atoms with Crippen molar-refractivity contribution < 1.29 is 19.3 Å². The zero-order valence-corrected chi connectivity index (χ0v) is 8.57. The summed E-state index contributed by atoms with van der Waals surface area (Å²) in [5.41, 5.74) is -0.758. The molecule has 0 N–H and O–H groups in total. The molecule has 1 aliphatic rings. The van der Waals surface area contributed by atoms with Gasteiger partial charge < -0.3 is 9.47 Å². The third kappa shape index (κ3) is 2.67. The molecule has 1 heterocycles. The van der Waals surface area contributed by atoms with Gasteiger partial charge >= 0.3 is 5.69 Å². The fourth-order valence-electron chi connectivity index (χ4n) is 1.23. The Balaban J connectivity index is 2.23. The topological polar surface area (TPSA) is 108 Å². The first-order valence-corrected chi connectivity index (χ1v) is 4.75. The third-order valence-corrected chi connectivity index (χ3v) is 2.18. The summed E-state index contributed by atoms with van der Waals surface area (Å²) in [6, 6.07) is 3.26. The van der Waals surface area contributed by atoms with Gasteiger partial charge in [0.25, 0.3) is 5.69 Å². The van der Waals surface area contributed by atoms with Gasteiger partial charge in [0.15, 0.2) is 5.75 Å². The van der Waals surface area contributed by atoms with E-state index in [0.717, 1.165) is 12.1 Å². The number of hydrogen-bond acceptors (Lipinski definition) is 6. The highest BCUT2D eigenvalue weighted by Crippen LogP contribution is 2.31. The van der Waals surface area contributed by atoms with Crippen LogP contribution in [0.15, 0.2) is 18.2 Å². The summed E-state index contributed by atoms with van der Waals surface area (Å²) in [5, 5.41) is 21.2. The van der Waals surface area contributed by atoms with E-state index in [4.69, 9.17) is 9.47 Å². The van der Waals surface area contributed by atoms with Gasteiger partial charge in [-0.15, -0.1) is 0 Å². The molecule has 0 radical (unpaired) electrons. The number of ether oxygens (including phenoxy) is 2. The van der Waals surface area contributed by atoms with Crippen LogP contribution in [-0.2, 0) is 4.74 Å². The van der Waals surface area contributed by atoms with Crippen LogP contribution in [-0.4, -0.2) is 29.2 Å². The summed E-state index contributed by atoms with van der Waals surface area (Å²) in [5.74, 6) is 0.0103. The van der Waals surface area contributed by atoms with Gasteiger partial charge in [0.1, 0.15) is 12.7 Å². The van der Waals surface area contributed by atoms with Crippen molar-refractivity contribution in [2.75, 3.05) is 13.2 Å². The first kappa shape index (κ1) is 11.3. The summed E-state index contributed by atoms with van der Waals surface area (Å²) < 4.78 is 10.1. The molecule has 0 amide bonds. The van der Waals surface area contributed by atoms with Crippen LogP contribution in [0.2, 0.25) is 0 Å². The van der Waals surface area contributed by atoms with E-state index in [1.807, 2.05) is 0 Å². The molecule has 17 heavy (non-hydrogen) atoms. The third-order valence-electron chi connectivity index (χ3n) is 2.18. The first-order chi connectivity index (χ1) is 8.08. The van der Waals surface area contributed by atoms with E-state index in [9.17, 15) is 20.2 Å². The molecule has 0 saturated carbocycles. The fraction of sp³-hybridized carbons (Fsp3) is 0.333. The molecule has 1 aliphatic heterocycles. The predicted octanol–water partition coefficient (Wildman–Crippen LogP) is 1.28. The van der Waals surface area contributed by atoms with Gasteiger partial charge in [0.05, 0.1) is 22.5 Å². The number of epoxide rings is 1. The number of nitro groups is 2. The Morgan fingerprint density at radius 3 is 2.59 bits per heavy atom. The molecule has 0 aromatic heterocycles. The molecule has 2 rings (SSSR count). The number of rotatable bonds is 5. The Bertz CT molecular complexity index is 471. The van der Waals surface area contributed by atoms with Crippen molar-refractivity contribution in [2.45, 2.75) is 6.10 Å². The minimum absolute atomic E-state index is 0.0103. The number of non-ortho nitro benzene ring substituents is 1. The van der Waals surface area contributed by atoms with E-state index in [2.05, 4.69) is 0 Å². The van der Waals surface area contributed by atoms with E-state index >= 15 is 0 Å². The van der Waals surface area contributed by atoms with E-state index < -0.39 is 15.5 Å². The molecule has 1 saturated heterocycles. The van der Waals surface area contributed by atoms with Crippen LogP contribution in [0.5, 0.6) is 5.75 Å². The van der Waals surface area contributed by atoms with Crippen LogP contribution in [0.3, 0.4) is 0 Å². The minimum atomic E-state index is -0.712. The Kier molecular flexibility index (Phi) is 2.88. The van der Waals surface area contributed by atoms with Gasteiger partial charge in [0.2, 0.25) is 0 Å². The predicted molar refractivity (Wildman–Crippen MR) is 55.0 cm³/mol. The normalized spacial score (nSPS) is 17.5. The van der Waals surface area contributed by atoms with Crippen molar-refractivity contribution in [1.82, 2.24) is 0 Å². The summed E-state index contributed by atoms with van der Waals surface area (Å²) in [6.07, 6.45) is -0.0372. The second kappa shape index (κ2) is 4.34. The second-order valence-electron chi connectivity index (χ2n) is 3.43. The zero-order valence-electron chi connectivity index (χ0n) is 8.57. The van der Waals surface area contributed by atoms with Crippen LogP contribution in [0, 0.1) is 20.2 Å². The van der Waals surface area contributed by atoms with Gasteiger partial charge in [0, 0.05) is 6.07 Å². The highest BCUT2D eigenvalue weighted by Gasteiger charge is 2.26. The van der Waals surface area contributed by atoms with Crippen LogP contribution >= 0.6 is 0 Å². The maximum absolute atomic E-state index is 10.7. The lowest BCUT2D eigenvalue weighted by molar-refractivity contribution is -0.394. The Hall–Kier alpha value is -2.22. The highest BCUT2D eigenvalue weighted by molar-refractivity contribution is 5.53. The van der Waals surface area contributed by atoms with Crippen LogP contribution in [0.4, 0.5) is 11.4 Å². The smallest absolute Gasteiger partial charge is 0.317 e. The van der Waals surface area contributed by atoms with Crippen LogP contribution in [0.1, 0.15) is 0 Å². The number of benzene rings is 1. The molecule has 0 aliphatic carbocycles. The first-order valence-electron chi connectivity index (χ1n) is 4.75. The highest BCUT2D eigenvalue weighted by atomic mass is 16.6. The molecular formula is C9H8N2O6. The van der Waals surface area contributed by atoms with Crippen molar-refractivity contribution in [1.29, 1.82) is 0 Å². The molecule has 1 aromatic carbocycles. The number of nitrogens with zero attached hydrogens (tertiary/aromatic N) is 2. The summed E-state index contributed by atoms with van der Waals surface area (Å²) in [6.45, 7) is 0.777. The number of nitro benzene ring substituents is 2. The fourth-order valence-corrected chi connectivity index (χ4v) is 1.23. The quantitative estimate of drug-likeness (QED) is 0.435. The maximum atomic E-state index is 10.7. The standard InChI is InChI=1S/C9H8N2O6/c12-10(13)6-1-2-9(8(3-6)11(14)15)17-5-7-4-16-7/h1-3,7H,4-5H2. The molecule has 1 unspecified atom stereocenters. The van der Waals surface area contributed by atoms with Crippen molar-refractivity contribution in [3.8, 4) is 5.75 Å². The lowest BCUT2D eigenvalue weighted by Gasteiger charge is -2.04. The Labute approximate surface area is 95.1 Å². The molecule has 8 nitrogen and oxygen atoms in total. The molecule has 8 heteroatoms. The van der Waals surface area contributed by atoms with Crippen molar-refractivity contribution >= 4 is 11.4 Å². The van der Waals surface area contributed by atoms with Crippen molar-refractivity contribution in [3.05, 3.63) is 38.4 Å². The Morgan fingerprint density at radius 2 is 2.06 bits per heavy atom. The largest absolute Gasteiger partial charge is 0.484 e. The zero-order chi connectivity index (χ0) is 12.4. The average Bonchev–Trinajstić information content (AvgIpc) is 3.09. The molecule has 1 atom stereocenters. The van der Waals surface area contributed by atoms with Gasteiger partial charge in [-0.3, -0.25) is 20.2 Å². The lowest BCUT2D eigenvalue weighted by atomic mass is 10.2. The van der Waals surface area contributed by atoms with Crippen molar-refractivity contribution in [2.24, 2.45) is 0 Å². The average molecular weight is 240 g/mol. The van der Waals surface area contributed by atoms with E-state index in [1.165, 1.54) is 6.07 Å². The second-order valence-corrected chi connectivity index (χ2v) is 3.43. The molecular weight excluding hydrogens is 232 g/mol. The van der Waals surface area contributed by atoms with Gasteiger partial charge in [-0.1, -0.05) is 0 Å². The van der Waals surface area contributed by atoms with Crippen LogP contribution < -0.4 is 4.74 Å².